The van der Waals surface area contributed by atoms with Crippen LogP contribution in [0.25, 0.3) is 0 Å². The van der Waals surface area contributed by atoms with E-state index in [0.717, 1.165) is 55.4 Å². The summed E-state index contributed by atoms with van der Waals surface area (Å²) in [7, 11) is 0. The van der Waals surface area contributed by atoms with Gasteiger partial charge in [0, 0.05) is 6.54 Å². The minimum absolute atomic E-state index is 0.0322. The lowest BCUT2D eigenvalue weighted by Crippen LogP contribution is -2.35. The minimum atomic E-state index is -1.10. The normalized spacial score (nSPS) is 15.6. The van der Waals surface area contributed by atoms with E-state index in [1.807, 2.05) is 31.2 Å². The van der Waals surface area contributed by atoms with Gasteiger partial charge in [-0.05, 0) is 102 Å². The topological polar surface area (TPSA) is 96.3 Å². The van der Waals surface area contributed by atoms with Crippen LogP contribution >= 0.6 is 15.9 Å². The molecular weight excluding hydrogens is 502 g/mol. The number of likely N-dealkylation sites (tertiary alicyclic amines) is 1. The molecular formula is C26H32BrNO6. The first-order chi connectivity index (χ1) is 16.3. The molecule has 0 aromatic heterocycles. The third kappa shape index (κ3) is 8.11. The number of piperidine rings is 1. The largest absolute Gasteiger partial charge is 0.490 e. The highest BCUT2D eigenvalue weighted by molar-refractivity contribution is 9.10. The molecule has 2 N–H and O–H groups in total. The number of rotatable bonds is 12. The third-order valence-corrected chi connectivity index (χ3v) is 6.76. The lowest BCUT2D eigenvalue weighted by atomic mass is 9.90. The molecule has 34 heavy (non-hydrogen) atoms. The number of nitrogens with zero attached hydrogens (tertiary/aromatic N) is 1. The Balaban J connectivity index is 1.43. The van der Waals surface area contributed by atoms with E-state index in [4.69, 9.17) is 14.6 Å². The van der Waals surface area contributed by atoms with Gasteiger partial charge in [0.2, 0.25) is 0 Å². The van der Waals surface area contributed by atoms with Crippen LogP contribution in [0.15, 0.2) is 40.9 Å². The molecule has 1 aliphatic heterocycles. The Labute approximate surface area is 208 Å². The molecule has 0 aliphatic carbocycles. The molecule has 1 heterocycles. The second-order valence-corrected chi connectivity index (χ2v) is 9.65. The van der Waals surface area contributed by atoms with Gasteiger partial charge in [0.05, 0.1) is 4.47 Å². The number of hydrogen-bond acceptors (Lipinski definition) is 6. The average molecular weight is 534 g/mol. The molecule has 184 valence electrons. The summed E-state index contributed by atoms with van der Waals surface area (Å²) in [6, 6.07) is 12.0. The highest BCUT2D eigenvalue weighted by Crippen LogP contribution is 2.29. The van der Waals surface area contributed by atoms with E-state index in [2.05, 4.69) is 33.0 Å². The number of aliphatic carboxylic acids is 1. The Bertz CT molecular complexity index is 974. The summed E-state index contributed by atoms with van der Waals surface area (Å²) < 4.78 is 11.7. The van der Waals surface area contributed by atoms with E-state index in [1.54, 1.807) is 0 Å². The summed E-state index contributed by atoms with van der Waals surface area (Å²) in [4.78, 5) is 23.8. The standard InChI is InChI=1S/C26H32BrNO6/c1-18-12-19(3-5-24(18)33-16-22(30)15-29)6-9-28-10-7-20(8-11-28)13-21-2-4-23(27)25(14-21)34-17-26(31)32/h2-5,12,14-15,20,22,30H,6-11,13,16-17H2,1H3,(H,31,32). The Morgan fingerprint density at radius 2 is 1.88 bits per heavy atom. The van der Waals surface area contributed by atoms with E-state index in [0.29, 0.717) is 23.7 Å². The molecule has 3 rings (SSSR count). The van der Waals surface area contributed by atoms with Crippen molar-refractivity contribution in [3.63, 3.8) is 0 Å². The molecule has 0 spiro atoms. The number of carbonyl (C=O) groups excluding carboxylic acids is 1. The maximum Gasteiger partial charge on any atom is 0.341 e. The molecule has 0 radical (unpaired) electrons. The fourth-order valence-corrected chi connectivity index (χ4v) is 4.56. The number of hydrogen-bond donors (Lipinski definition) is 2. The van der Waals surface area contributed by atoms with Gasteiger partial charge in [-0.25, -0.2) is 4.79 Å². The Morgan fingerprint density at radius 1 is 1.15 bits per heavy atom. The molecule has 7 nitrogen and oxygen atoms in total. The van der Waals surface area contributed by atoms with Crippen LogP contribution in [0.1, 0.15) is 29.5 Å². The van der Waals surface area contributed by atoms with Crippen LogP contribution in [0.3, 0.4) is 0 Å². The number of aryl methyl sites for hydroxylation is 1. The number of ether oxygens (including phenoxy) is 2. The highest BCUT2D eigenvalue weighted by atomic mass is 79.9. The molecule has 1 saturated heterocycles. The van der Waals surface area contributed by atoms with E-state index in [1.165, 1.54) is 11.1 Å². The summed E-state index contributed by atoms with van der Waals surface area (Å²) >= 11 is 3.42. The first-order valence-corrected chi connectivity index (χ1v) is 12.3. The van der Waals surface area contributed by atoms with Crippen LogP contribution in [-0.2, 0) is 22.4 Å². The van der Waals surface area contributed by atoms with Gasteiger partial charge in [0.25, 0.3) is 0 Å². The van der Waals surface area contributed by atoms with Gasteiger partial charge in [0.15, 0.2) is 12.9 Å². The molecule has 1 unspecified atom stereocenters. The van der Waals surface area contributed by atoms with Gasteiger partial charge < -0.3 is 29.4 Å². The molecule has 2 aromatic carbocycles. The Hall–Kier alpha value is -2.42. The minimum Gasteiger partial charge on any atom is -0.490 e. The van der Waals surface area contributed by atoms with Crippen molar-refractivity contribution >= 4 is 28.2 Å². The SMILES string of the molecule is Cc1cc(CCN2CCC(Cc3ccc(Br)c(OCC(=O)O)c3)CC2)ccc1OCC(O)C=O. The van der Waals surface area contributed by atoms with Crippen LogP contribution in [-0.4, -0.2) is 66.3 Å². The molecule has 1 aliphatic rings. The fourth-order valence-electron chi connectivity index (χ4n) is 4.20. The summed E-state index contributed by atoms with van der Waals surface area (Å²) in [6.07, 6.45) is 3.56. The van der Waals surface area contributed by atoms with Crippen molar-refractivity contribution < 1.29 is 29.3 Å². The lowest BCUT2D eigenvalue weighted by Gasteiger charge is -2.32. The average Bonchev–Trinajstić information content (AvgIpc) is 2.83. The predicted molar refractivity (Wildman–Crippen MR) is 133 cm³/mol. The summed E-state index contributed by atoms with van der Waals surface area (Å²) in [5, 5.41) is 18.2. The highest BCUT2D eigenvalue weighted by Gasteiger charge is 2.20. The zero-order valence-corrected chi connectivity index (χ0v) is 21.0. The van der Waals surface area contributed by atoms with Crippen LogP contribution in [0.5, 0.6) is 11.5 Å². The van der Waals surface area contributed by atoms with Gasteiger partial charge >= 0.3 is 5.97 Å². The van der Waals surface area contributed by atoms with Gasteiger partial charge in [-0.2, -0.15) is 0 Å². The number of carbonyl (C=O) groups is 2. The van der Waals surface area contributed by atoms with Crippen LogP contribution in [0.4, 0.5) is 0 Å². The maximum absolute atomic E-state index is 10.8. The fraction of sp³-hybridized carbons (Fsp3) is 0.462. The van der Waals surface area contributed by atoms with E-state index >= 15 is 0 Å². The van der Waals surface area contributed by atoms with Crippen LogP contribution in [0.2, 0.25) is 0 Å². The van der Waals surface area contributed by atoms with E-state index < -0.39 is 12.1 Å². The second-order valence-electron chi connectivity index (χ2n) is 8.80. The number of carboxylic acid groups (broad SMARTS) is 1. The number of halogens is 1. The maximum atomic E-state index is 10.8. The Kier molecular flexibility index (Phi) is 9.92. The molecule has 0 amide bonds. The van der Waals surface area contributed by atoms with Crippen molar-refractivity contribution in [3.8, 4) is 11.5 Å². The van der Waals surface area contributed by atoms with Crippen molar-refractivity contribution in [1.82, 2.24) is 4.90 Å². The van der Waals surface area contributed by atoms with E-state index in [-0.39, 0.29) is 13.2 Å². The first-order valence-electron chi connectivity index (χ1n) is 11.5. The molecule has 1 fully saturated rings. The van der Waals surface area contributed by atoms with Gasteiger partial charge in [-0.3, -0.25) is 0 Å². The molecule has 0 saturated carbocycles. The van der Waals surface area contributed by atoms with Crippen LogP contribution < -0.4 is 9.47 Å². The molecule has 1 atom stereocenters. The van der Waals surface area contributed by atoms with Crippen molar-refractivity contribution in [2.45, 2.75) is 38.7 Å². The summed E-state index contributed by atoms with van der Waals surface area (Å²) in [5.41, 5.74) is 3.41. The zero-order valence-electron chi connectivity index (χ0n) is 19.4. The number of aliphatic hydroxyl groups excluding tert-OH is 1. The molecule has 2 aromatic rings. The first kappa shape index (κ1) is 26.2. The van der Waals surface area contributed by atoms with Crippen molar-refractivity contribution in [1.29, 1.82) is 0 Å². The number of carboxylic acids is 1. The quantitative estimate of drug-likeness (QED) is 0.402. The second kappa shape index (κ2) is 12.9. The Morgan fingerprint density at radius 3 is 2.56 bits per heavy atom. The lowest BCUT2D eigenvalue weighted by molar-refractivity contribution is -0.139. The number of benzene rings is 2. The number of aliphatic hydroxyl groups is 1. The van der Waals surface area contributed by atoms with Crippen molar-refractivity contribution in [3.05, 3.63) is 57.6 Å². The third-order valence-electron chi connectivity index (χ3n) is 6.10. The van der Waals surface area contributed by atoms with Crippen molar-refractivity contribution in [2.75, 3.05) is 32.8 Å². The monoisotopic (exact) mass is 533 g/mol. The van der Waals surface area contributed by atoms with Gasteiger partial charge in [0.1, 0.15) is 24.2 Å². The zero-order chi connectivity index (χ0) is 24.5. The predicted octanol–water partition coefficient (Wildman–Crippen LogP) is 3.66. The van der Waals surface area contributed by atoms with Gasteiger partial charge in [-0.1, -0.05) is 18.2 Å². The molecule has 0 bridgehead atoms. The van der Waals surface area contributed by atoms with Gasteiger partial charge in [-0.15, -0.1) is 0 Å². The summed E-state index contributed by atoms with van der Waals surface area (Å²) in [6.45, 7) is 4.72. The number of aldehydes is 1. The van der Waals surface area contributed by atoms with E-state index in [9.17, 15) is 14.7 Å². The smallest absolute Gasteiger partial charge is 0.341 e. The summed E-state index contributed by atoms with van der Waals surface area (Å²) in [5.74, 6) is 0.877. The molecule has 8 heteroatoms. The van der Waals surface area contributed by atoms with Crippen molar-refractivity contribution in [2.24, 2.45) is 5.92 Å². The van der Waals surface area contributed by atoms with Crippen LogP contribution in [0, 0.1) is 12.8 Å².